The summed E-state index contributed by atoms with van der Waals surface area (Å²) in [5.41, 5.74) is 0. The van der Waals surface area contributed by atoms with Crippen LogP contribution in [0.1, 0.15) is 251 Å². The molecule has 1 unspecified atom stereocenters. The number of rotatable bonds is 38. The van der Waals surface area contributed by atoms with Gasteiger partial charge in [0, 0.05) is 19.4 Å². The summed E-state index contributed by atoms with van der Waals surface area (Å²) >= 11 is 0. The fourth-order valence-electron chi connectivity index (χ4n) is 7.36. The lowest BCUT2D eigenvalue weighted by Gasteiger charge is -2.28. The van der Waals surface area contributed by atoms with Crippen LogP contribution in [0, 0.1) is 0 Å². The van der Waals surface area contributed by atoms with Gasteiger partial charge in [-0.3, -0.25) is 9.59 Å². The zero-order valence-corrected chi connectivity index (χ0v) is 36.5. The van der Waals surface area contributed by atoms with Crippen LogP contribution in [-0.4, -0.2) is 56.4 Å². The number of unbranched alkanes of at least 4 members (excludes halogenated alkanes) is 24. The largest absolute Gasteiger partial charge is 0.469 e. The lowest BCUT2D eigenvalue weighted by molar-refractivity contribution is -0.190. The van der Waals surface area contributed by atoms with Crippen LogP contribution in [0.15, 0.2) is 0 Å². The summed E-state index contributed by atoms with van der Waals surface area (Å²) in [5.74, 6) is -0.150. The number of carbonyl (C=O) groups excluding carboxylic acids is 2. The Morgan fingerprint density at radius 3 is 1.26 bits per heavy atom. The zero-order valence-electron chi connectivity index (χ0n) is 36.5. The van der Waals surface area contributed by atoms with Gasteiger partial charge in [-0.1, -0.05) is 181 Å². The van der Waals surface area contributed by atoms with Gasteiger partial charge in [0.05, 0.1) is 26.4 Å². The number of hydrogen-bond donors (Lipinski definition) is 1. The van der Waals surface area contributed by atoms with Gasteiger partial charge in [-0.05, 0) is 57.8 Å². The minimum atomic E-state index is -0.0783. The maximum absolute atomic E-state index is 11.0. The van der Waals surface area contributed by atoms with Gasteiger partial charge in [0.1, 0.15) is 0 Å². The first-order valence-corrected chi connectivity index (χ1v) is 23.5. The number of methoxy groups -OCH3 is 2. The molecule has 0 bridgehead atoms. The maximum Gasteiger partial charge on any atom is 0.305 e. The third-order valence-electron chi connectivity index (χ3n) is 11.0. The average Bonchev–Trinajstić information content (AvgIpc) is 3.19. The highest BCUT2D eigenvalue weighted by atomic mass is 16.7. The second-order valence-corrected chi connectivity index (χ2v) is 16.2. The molecule has 0 spiro atoms. The summed E-state index contributed by atoms with van der Waals surface area (Å²) in [5, 5.41) is 9.77. The summed E-state index contributed by atoms with van der Waals surface area (Å²) in [6.07, 6.45) is 45.1. The molecule has 1 aliphatic rings. The molecule has 54 heavy (non-hydrogen) atoms. The number of esters is 2. The van der Waals surface area contributed by atoms with Crippen molar-refractivity contribution in [1.82, 2.24) is 0 Å². The smallest absolute Gasteiger partial charge is 0.305 e. The van der Waals surface area contributed by atoms with E-state index in [9.17, 15) is 14.7 Å². The van der Waals surface area contributed by atoms with Crippen LogP contribution in [0.2, 0.25) is 0 Å². The van der Waals surface area contributed by atoms with Gasteiger partial charge in [0.25, 0.3) is 0 Å². The Labute approximate surface area is 335 Å². The lowest BCUT2D eigenvalue weighted by atomic mass is 10.0. The van der Waals surface area contributed by atoms with Crippen molar-refractivity contribution in [2.24, 2.45) is 0 Å². The second-order valence-electron chi connectivity index (χ2n) is 16.2. The quantitative estimate of drug-likeness (QED) is 0.0494. The van der Waals surface area contributed by atoms with Gasteiger partial charge in [-0.25, -0.2) is 0 Å². The average molecular weight is 769 g/mol. The first kappa shape index (κ1) is 52.8. The molecule has 1 N–H and O–H groups in total. The minimum absolute atomic E-state index is 0.0578. The summed E-state index contributed by atoms with van der Waals surface area (Å²) < 4.78 is 21.4. The highest BCUT2D eigenvalue weighted by molar-refractivity contribution is 5.69. The zero-order chi connectivity index (χ0) is 39.6. The molecule has 1 rings (SSSR count). The molecule has 322 valence electrons. The standard InChI is InChI=1S/C26H50O4.C21H42O3/c1-3-4-19-24(30-26-22-17-18-23-29-26)20-15-13-11-9-7-5-6-8-10-12-14-16-21-25(27)28-2;1-3-4-17-20(22)18-15-13-11-9-7-5-6-8-10-12-14-16-19-21(23)24-2/h24,26H,3-23H2,1-2H3;20,22H,3-19H2,1-2H3/t24-,26?;20-/m11/s1. The first-order chi connectivity index (χ1) is 26.5. The molecule has 0 aromatic heterocycles. The Kier molecular flexibility index (Phi) is 42.0. The molecule has 0 amide bonds. The SMILES string of the molecule is CCCC[C@@H](O)CCCCCCCCCCCCCCC(=O)OC.CCCC[C@H](CCCCCCCCCCCCCCC(=O)OC)OC1CCCCO1. The topological polar surface area (TPSA) is 91.3 Å². The van der Waals surface area contributed by atoms with Crippen LogP contribution in [0.25, 0.3) is 0 Å². The molecule has 1 aliphatic heterocycles. The van der Waals surface area contributed by atoms with Crippen molar-refractivity contribution in [2.75, 3.05) is 20.8 Å². The van der Waals surface area contributed by atoms with Crippen molar-refractivity contribution in [3.63, 3.8) is 0 Å². The Balaban J connectivity index is 0.00000107. The molecule has 3 atom stereocenters. The number of ether oxygens (including phenoxy) is 4. The van der Waals surface area contributed by atoms with Crippen LogP contribution >= 0.6 is 0 Å². The Morgan fingerprint density at radius 2 is 0.870 bits per heavy atom. The monoisotopic (exact) mass is 769 g/mol. The fourth-order valence-corrected chi connectivity index (χ4v) is 7.36. The van der Waals surface area contributed by atoms with Gasteiger partial charge < -0.3 is 24.1 Å². The van der Waals surface area contributed by atoms with E-state index >= 15 is 0 Å². The third kappa shape index (κ3) is 39.1. The van der Waals surface area contributed by atoms with Crippen molar-refractivity contribution in [1.29, 1.82) is 0 Å². The Bertz CT molecular complexity index is 769. The molecular weight excluding hydrogens is 677 g/mol. The van der Waals surface area contributed by atoms with E-state index in [1.165, 1.54) is 188 Å². The summed E-state index contributed by atoms with van der Waals surface area (Å²) in [6, 6.07) is 0. The highest BCUT2D eigenvalue weighted by Crippen LogP contribution is 2.22. The van der Waals surface area contributed by atoms with E-state index in [-0.39, 0.29) is 24.3 Å². The molecule has 0 saturated carbocycles. The van der Waals surface area contributed by atoms with E-state index in [1.807, 2.05) is 0 Å². The summed E-state index contributed by atoms with van der Waals surface area (Å²) in [4.78, 5) is 22.0. The minimum Gasteiger partial charge on any atom is -0.469 e. The van der Waals surface area contributed by atoms with E-state index in [4.69, 9.17) is 9.47 Å². The first-order valence-electron chi connectivity index (χ1n) is 23.5. The molecule has 1 heterocycles. The van der Waals surface area contributed by atoms with Gasteiger partial charge >= 0.3 is 11.9 Å². The number of carbonyl (C=O) groups is 2. The van der Waals surface area contributed by atoms with Crippen molar-refractivity contribution in [3.05, 3.63) is 0 Å². The van der Waals surface area contributed by atoms with Gasteiger partial charge in [0.15, 0.2) is 6.29 Å². The van der Waals surface area contributed by atoms with Crippen LogP contribution in [0.4, 0.5) is 0 Å². The van der Waals surface area contributed by atoms with Crippen molar-refractivity contribution < 1.29 is 33.6 Å². The van der Waals surface area contributed by atoms with E-state index in [1.54, 1.807) is 0 Å². The Morgan fingerprint density at radius 1 is 0.519 bits per heavy atom. The predicted molar refractivity (Wildman–Crippen MR) is 227 cm³/mol. The molecule has 1 fully saturated rings. The number of aliphatic hydroxyl groups excluding tert-OH is 1. The van der Waals surface area contributed by atoms with Crippen LogP contribution < -0.4 is 0 Å². The molecule has 1 saturated heterocycles. The highest BCUT2D eigenvalue weighted by Gasteiger charge is 2.19. The van der Waals surface area contributed by atoms with E-state index in [2.05, 4.69) is 23.3 Å². The lowest BCUT2D eigenvalue weighted by Crippen LogP contribution is -2.28. The van der Waals surface area contributed by atoms with E-state index < -0.39 is 0 Å². The number of aliphatic hydroxyl groups is 1. The van der Waals surface area contributed by atoms with Crippen LogP contribution in [0.5, 0.6) is 0 Å². The summed E-state index contributed by atoms with van der Waals surface area (Å²) in [6.45, 7) is 5.32. The molecule has 0 radical (unpaired) electrons. The van der Waals surface area contributed by atoms with Crippen molar-refractivity contribution in [2.45, 2.75) is 270 Å². The normalized spacial score (nSPS) is 15.3. The van der Waals surface area contributed by atoms with Crippen LogP contribution in [0.3, 0.4) is 0 Å². The molecule has 0 aromatic rings. The maximum atomic E-state index is 11.0. The van der Waals surface area contributed by atoms with E-state index in [0.29, 0.717) is 18.9 Å². The van der Waals surface area contributed by atoms with E-state index in [0.717, 1.165) is 58.0 Å². The number of hydrogen-bond acceptors (Lipinski definition) is 7. The predicted octanol–water partition coefficient (Wildman–Crippen LogP) is 13.9. The third-order valence-corrected chi connectivity index (χ3v) is 11.0. The fraction of sp³-hybridized carbons (Fsp3) is 0.957. The molecule has 0 aliphatic carbocycles. The molecule has 7 nitrogen and oxygen atoms in total. The summed E-state index contributed by atoms with van der Waals surface area (Å²) in [7, 11) is 2.92. The van der Waals surface area contributed by atoms with Crippen molar-refractivity contribution in [3.8, 4) is 0 Å². The van der Waals surface area contributed by atoms with Gasteiger partial charge in [-0.15, -0.1) is 0 Å². The molecule has 7 heteroatoms. The van der Waals surface area contributed by atoms with Gasteiger partial charge in [0.2, 0.25) is 0 Å². The second kappa shape index (κ2) is 43.0. The van der Waals surface area contributed by atoms with Gasteiger partial charge in [-0.2, -0.15) is 0 Å². The molecule has 0 aromatic carbocycles. The van der Waals surface area contributed by atoms with Crippen molar-refractivity contribution >= 4 is 11.9 Å². The molecular formula is C47H92O7. The van der Waals surface area contributed by atoms with Crippen LogP contribution in [-0.2, 0) is 28.5 Å². The Hall–Kier alpha value is -1.18.